The molecule has 1 aliphatic rings. The first-order valence-electron chi connectivity index (χ1n) is 6.26. The lowest BCUT2D eigenvalue weighted by Crippen LogP contribution is -2.30. The topological polar surface area (TPSA) is 24.5 Å². The molecule has 0 aliphatic carbocycles. The molecule has 3 nitrogen and oxygen atoms in total. The number of likely N-dealkylation sites (N-methyl/N-ethyl adjacent to an activating group) is 1. The third kappa shape index (κ3) is 3.80. The zero-order valence-corrected chi connectivity index (χ0v) is 10.8. The van der Waals surface area contributed by atoms with E-state index in [9.17, 15) is 0 Å². The highest BCUT2D eigenvalue weighted by Crippen LogP contribution is 2.09. The summed E-state index contributed by atoms with van der Waals surface area (Å²) in [5.74, 6) is 0. The third-order valence-corrected chi connectivity index (χ3v) is 3.29. The molecule has 3 heteroatoms. The fourth-order valence-corrected chi connectivity index (χ4v) is 2.36. The summed E-state index contributed by atoms with van der Waals surface area (Å²) in [5.41, 5.74) is 2.59. The lowest BCUT2D eigenvalue weighted by molar-refractivity contribution is 0.185. The minimum Gasteiger partial charge on any atom is -0.380 e. The molecule has 1 N–H and O–H groups in total. The molecular formula is C14H22N2O. The minimum atomic E-state index is 0.645. The van der Waals surface area contributed by atoms with Gasteiger partial charge in [-0.2, -0.15) is 0 Å². The van der Waals surface area contributed by atoms with Crippen LogP contribution >= 0.6 is 0 Å². The number of nitrogens with one attached hydrogen (secondary N) is 1. The zero-order chi connectivity index (χ0) is 12.1. The molecule has 1 unspecified atom stereocenters. The first kappa shape index (κ1) is 12.6. The highest BCUT2D eigenvalue weighted by molar-refractivity contribution is 5.22. The zero-order valence-electron chi connectivity index (χ0n) is 10.8. The van der Waals surface area contributed by atoms with Crippen molar-refractivity contribution in [2.45, 2.75) is 25.6 Å². The van der Waals surface area contributed by atoms with E-state index in [1.165, 1.54) is 24.1 Å². The van der Waals surface area contributed by atoms with Crippen molar-refractivity contribution in [1.82, 2.24) is 10.2 Å². The van der Waals surface area contributed by atoms with Gasteiger partial charge in [-0.1, -0.05) is 24.3 Å². The predicted octanol–water partition coefficient (Wildman–Crippen LogP) is 1.63. The Morgan fingerprint density at radius 2 is 2.24 bits per heavy atom. The smallest absolute Gasteiger partial charge is 0.0713 e. The van der Waals surface area contributed by atoms with E-state index in [4.69, 9.17) is 4.74 Å². The maximum absolute atomic E-state index is 5.15. The van der Waals surface area contributed by atoms with Crippen LogP contribution in [0.4, 0.5) is 0 Å². The van der Waals surface area contributed by atoms with E-state index in [1.807, 2.05) is 0 Å². The van der Waals surface area contributed by atoms with Crippen molar-refractivity contribution >= 4 is 0 Å². The summed E-state index contributed by atoms with van der Waals surface area (Å²) in [6.45, 7) is 4.02. The largest absolute Gasteiger partial charge is 0.380 e. The summed E-state index contributed by atoms with van der Waals surface area (Å²) in [4.78, 5) is 2.37. The first-order valence-corrected chi connectivity index (χ1v) is 6.26. The molecule has 0 amide bonds. The van der Waals surface area contributed by atoms with Gasteiger partial charge in [0.2, 0.25) is 0 Å². The molecule has 1 aromatic rings. The van der Waals surface area contributed by atoms with Crippen molar-refractivity contribution in [3.8, 4) is 0 Å². The number of methoxy groups -OCH3 is 1. The molecule has 1 saturated heterocycles. The first-order chi connectivity index (χ1) is 8.28. The van der Waals surface area contributed by atoms with Crippen LogP contribution in [0.5, 0.6) is 0 Å². The number of nitrogens with zero attached hydrogens (tertiary/aromatic N) is 1. The average molecular weight is 234 g/mol. The van der Waals surface area contributed by atoms with Gasteiger partial charge >= 0.3 is 0 Å². The van der Waals surface area contributed by atoms with Crippen LogP contribution in [0.1, 0.15) is 17.5 Å². The van der Waals surface area contributed by atoms with Crippen molar-refractivity contribution in [1.29, 1.82) is 0 Å². The van der Waals surface area contributed by atoms with Gasteiger partial charge in [-0.15, -0.1) is 0 Å². The highest BCUT2D eigenvalue weighted by Gasteiger charge is 2.18. The van der Waals surface area contributed by atoms with Gasteiger partial charge in [0.15, 0.2) is 0 Å². The van der Waals surface area contributed by atoms with E-state index < -0.39 is 0 Å². The molecule has 0 radical (unpaired) electrons. The van der Waals surface area contributed by atoms with Crippen LogP contribution in [0.2, 0.25) is 0 Å². The van der Waals surface area contributed by atoms with Crippen LogP contribution in [-0.4, -0.2) is 38.2 Å². The second-order valence-corrected chi connectivity index (χ2v) is 4.88. The molecule has 94 valence electrons. The van der Waals surface area contributed by atoms with Gasteiger partial charge in [0.25, 0.3) is 0 Å². The summed E-state index contributed by atoms with van der Waals surface area (Å²) >= 11 is 0. The van der Waals surface area contributed by atoms with Gasteiger partial charge in [0, 0.05) is 26.2 Å². The Kier molecular flexibility index (Phi) is 4.54. The molecule has 1 heterocycles. The van der Waals surface area contributed by atoms with E-state index in [-0.39, 0.29) is 0 Å². The summed E-state index contributed by atoms with van der Waals surface area (Å²) in [6.07, 6.45) is 1.26. The highest BCUT2D eigenvalue weighted by atomic mass is 16.5. The van der Waals surface area contributed by atoms with Gasteiger partial charge < -0.3 is 15.0 Å². The maximum atomic E-state index is 5.15. The molecule has 0 bridgehead atoms. The normalized spacial score (nSPS) is 20.9. The molecule has 1 atom stereocenters. The fraction of sp³-hybridized carbons (Fsp3) is 0.571. The van der Waals surface area contributed by atoms with Gasteiger partial charge in [-0.05, 0) is 31.1 Å². The Balaban J connectivity index is 1.83. The maximum Gasteiger partial charge on any atom is 0.0713 e. The third-order valence-electron chi connectivity index (χ3n) is 3.29. The number of hydrogen-bond acceptors (Lipinski definition) is 3. The van der Waals surface area contributed by atoms with Gasteiger partial charge in [-0.25, -0.2) is 0 Å². The van der Waals surface area contributed by atoms with Crippen LogP contribution in [0.15, 0.2) is 24.3 Å². The number of hydrogen-bond donors (Lipinski definition) is 1. The van der Waals surface area contributed by atoms with E-state index in [0.29, 0.717) is 12.6 Å². The van der Waals surface area contributed by atoms with Crippen LogP contribution in [0.25, 0.3) is 0 Å². The monoisotopic (exact) mass is 234 g/mol. The van der Waals surface area contributed by atoms with Crippen molar-refractivity contribution < 1.29 is 4.74 Å². The second-order valence-electron chi connectivity index (χ2n) is 4.88. The second kappa shape index (κ2) is 6.15. The number of rotatable bonds is 5. The molecule has 0 spiro atoms. The lowest BCUT2D eigenvalue weighted by atomic mass is 10.1. The Bertz CT molecular complexity index is 354. The SMILES string of the molecule is COCc1cccc(CNC2CCN(C)C2)c1. The summed E-state index contributed by atoms with van der Waals surface area (Å²) < 4.78 is 5.15. The van der Waals surface area contributed by atoms with Crippen LogP contribution in [0.3, 0.4) is 0 Å². The quantitative estimate of drug-likeness (QED) is 0.838. The van der Waals surface area contributed by atoms with E-state index >= 15 is 0 Å². The summed E-state index contributed by atoms with van der Waals surface area (Å²) in [5, 5.41) is 3.62. The van der Waals surface area contributed by atoms with Crippen molar-refractivity contribution in [3.63, 3.8) is 0 Å². The molecule has 1 aliphatic heterocycles. The van der Waals surface area contributed by atoms with E-state index in [1.54, 1.807) is 7.11 Å². The van der Waals surface area contributed by atoms with E-state index in [2.05, 4.69) is 41.5 Å². The van der Waals surface area contributed by atoms with Crippen LogP contribution in [-0.2, 0) is 17.9 Å². The van der Waals surface area contributed by atoms with Crippen molar-refractivity contribution in [2.75, 3.05) is 27.2 Å². The minimum absolute atomic E-state index is 0.645. The van der Waals surface area contributed by atoms with Crippen LogP contribution in [0, 0.1) is 0 Å². The number of ether oxygens (including phenoxy) is 1. The Morgan fingerprint density at radius 3 is 2.94 bits per heavy atom. The number of benzene rings is 1. The predicted molar refractivity (Wildman–Crippen MR) is 69.9 cm³/mol. The lowest BCUT2D eigenvalue weighted by Gasteiger charge is -2.13. The Morgan fingerprint density at radius 1 is 1.41 bits per heavy atom. The molecule has 1 fully saturated rings. The fourth-order valence-electron chi connectivity index (χ4n) is 2.36. The molecule has 17 heavy (non-hydrogen) atoms. The van der Waals surface area contributed by atoms with Gasteiger partial charge in [0.1, 0.15) is 0 Å². The molecule has 0 saturated carbocycles. The van der Waals surface area contributed by atoms with E-state index in [0.717, 1.165) is 13.1 Å². The molecular weight excluding hydrogens is 212 g/mol. The standard InChI is InChI=1S/C14H22N2O/c1-16-7-6-14(10-16)15-9-12-4-3-5-13(8-12)11-17-2/h3-5,8,14-15H,6-7,9-11H2,1-2H3. The van der Waals surface area contributed by atoms with Crippen molar-refractivity contribution in [2.24, 2.45) is 0 Å². The number of likely N-dealkylation sites (tertiary alicyclic amines) is 1. The van der Waals surface area contributed by atoms with Gasteiger partial charge in [-0.3, -0.25) is 0 Å². The Hall–Kier alpha value is -0.900. The summed E-state index contributed by atoms with van der Waals surface area (Å²) in [6, 6.07) is 9.24. The molecule has 0 aromatic heterocycles. The van der Waals surface area contributed by atoms with Gasteiger partial charge in [0.05, 0.1) is 6.61 Å². The van der Waals surface area contributed by atoms with Crippen LogP contribution < -0.4 is 5.32 Å². The summed E-state index contributed by atoms with van der Waals surface area (Å²) in [7, 11) is 3.92. The average Bonchev–Trinajstić information content (AvgIpc) is 2.74. The molecule has 2 rings (SSSR count). The van der Waals surface area contributed by atoms with Crippen molar-refractivity contribution in [3.05, 3.63) is 35.4 Å². The molecule has 1 aromatic carbocycles. The Labute approximate surface area is 104 Å².